The molecule has 17 heavy (non-hydrogen) atoms. The van der Waals surface area contributed by atoms with Gasteiger partial charge in [-0.05, 0) is 52.0 Å². The molecule has 0 aliphatic heterocycles. The summed E-state index contributed by atoms with van der Waals surface area (Å²) in [6.45, 7) is 3.81. The fourth-order valence-corrected chi connectivity index (χ4v) is 1.70. The molecule has 1 unspecified atom stereocenters. The summed E-state index contributed by atoms with van der Waals surface area (Å²) in [7, 11) is 4.16. The van der Waals surface area contributed by atoms with Crippen molar-refractivity contribution in [3.05, 3.63) is 29.8 Å². The van der Waals surface area contributed by atoms with E-state index in [9.17, 15) is 0 Å². The molecule has 1 rings (SSSR count). The first-order valence-corrected chi connectivity index (χ1v) is 6.23. The van der Waals surface area contributed by atoms with Gasteiger partial charge in [-0.3, -0.25) is 0 Å². The molecule has 1 atom stereocenters. The summed E-state index contributed by atoms with van der Waals surface area (Å²) >= 11 is 0. The number of nitrogens with zero attached hydrogens (tertiary/aromatic N) is 1. The quantitative estimate of drug-likeness (QED) is 0.786. The lowest BCUT2D eigenvalue weighted by atomic mass is 10.1. The van der Waals surface area contributed by atoms with E-state index in [-0.39, 0.29) is 6.10 Å². The molecule has 1 aromatic rings. The van der Waals surface area contributed by atoms with Crippen LogP contribution in [0.15, 0.2) is 24.3 Å². The van der Waals surface area contributed by atoms with Gasteiger partial charge in [-0.25, -0.2) is 0 Å². The largest absolute Gasteiger partial charge is 0.490 e. The number of nitrogens with two attached hydrogens (primary N) is 1. The number of ether oxygens (including phenoxy) is 1. The molecule has 0 aliphatic carbocycles. The summed E-state index contributed by atoms with van der Waals surface area (Å²) in [6.07, 6.45) is 2.14. The topological polar surface area (TPSA) is 38.5 Å². The van der Waals surface area contributed by atoms with Crippen molar-refractivity contribution < 1.29 is 4.74 Å². The normalized spacial score (nSPS) is 12.8. The first-order chi connectivity index (χ1) is 8.13. The molecule has 3 heteroatoms. The Balaban J connectivity index is 2.54. The molecule has 2 N–H and O–H groups in total. The van der Waals surface area contributed by atoms with Gasteiger partial charge in [0.15, 0.2) is 0 Å². The number of rotatable bonds is 7. The SMILES string of the molecule is CC(CCN(C)C)Oc1ccccc1CCN. The van der Waals surface area contributed by atoms with Crippen LogP contribution in [0.2, 0.25) is 0 Å². The second-order valence-corrected chi connectivity index (χ2v) is 4.67. The van der Waals surface area contributed by atoms with Gasteiger partial charge in [-0.15, -0.1) is 0 Å². The van der Waals surface area contributed by atoms with Gasteiger partial charge >= 0.3 is 0 Å². The monoisotopic (exact) mass is 236 g/mol. The van der Waals surface area contributed by atoms with Crippen LogP contribution < -0.4 is 10.5 Å². The third-order valence-electron chi connectivity index (χ3n) is 2.70. The van der Waals surface area contributed by atoms with E-state index in [4.69, 9.17) is 10.5 Å². The Morgan fingerprint density at radius 1 is 1.29 bits per heavy atom. The summed E-state index contributed by atoms with van der Waals surface area (Å²) in [5.41, 5.74) is 6.80. The van der Waals surface area contributed by atoms with Crippen LogP contribution in [0.1, 0.15) is 18.9 Å². The fraction of sp³-hybridized carbons (Fsp3) is 0.571. The van der Waals surface area contributed by atoms with Gasteiger partial charge in [0.1, 0.15) is 5.75 Å². The molecule has 0 aliphatic rings. The second kappa shape index (κ2) is 7.30. The molecule has 0 bridgehead atoms. The number of hydrogen-bond acceptors (Lipinski definition) is 3. The third kappa shape index (κ3) is 5.20. The van der Waals surface area contributed by atoms with Crippen LogP contribution in [-0.2, 0) is 6.42 Å². The third-order valence-corrected chi connectivity index (χ3v) is 2.70. The predicted molar refractivity (Wildman–Crippen MR) is 72.5 cm³/mol. The van der Waals surface area contributed by atoms with Gasteiger partial charge in [0, 0.05) is 6.54 Å². The minimum absolute atomic E-state index is 0.233. The Hall–Kier alpha value is -1.06. The van der Waals surface area contributed by atoms with Crippen molar-refractivity contribution in [1.82, 2.24) is 4.90 Å². The molecular weight excluding hydrogens is 212 g/mol. The lowest BCUT2D eigenvalue weighted by Crippen LogP contribution is -2.21. The van der Waals surface area contributed by atoms with Crippen LogP contribution >= 0.6 is 0 Å². The standard InChI is InChI=1S/C14H24N2O/c1-12(9-11-16(2)3)17-14-7-5-4-6-13(14)8-10-15/h4-7,12H,8-11,15H2,1-3H3. The van der Waals surface area contributed by atoms with Crippen LogP contribution in [0.3, 0.4) is 0 Å². The van der Waals surface area contributed by atoms with Crippen molar-refractivity contribution in [2.75, 3.05) is 27.2 Å². The molecule has 0 fully saturated rings. The highest BCUT2D eigenvalue weighted by Gasteiger charge is 2.07. The van der Waals surface area contributed by atoms with Crippen LogP contribution in [0, 0.1) is 0 Å². The van der Waals surface area contributed by atoms with Crippen molar-refractivity contribution in [3.63, 3.8) is 0 Å². The minimum Gasteiger partial charge on any atom is -0.490 e. The van der Waals surface area contributed by atoms with Crippen LogP contribution in [0.4, 0.5) is 0 Å². The lowest BCUT2D eigenvalue weighted by Gasteiger charge is -2.19. The van der Waals surface area contributed by atoms with Crippen LogP contribution in [-0.4, -0.2) is 38.2 Å². The highest BCUT2D eigenvalue weighted by molar-refractivity contribution is 5.33. The van der Waals surface area contributed by atoms with E-state index in [2.05, 4.69) is 32.0 Å². The zero-order valence-electron chi connectivity index (χ0n) is 11.1. The summed E-state index contributed by atoms with van der Waals surface area (Å²) in [6, 6.07) is 8.15. The molecule has 1 aromatic carbocycles. The van der Waals surface area contributed by atoms with Crippen molar-refractivity contribution in [1.29, 1.82) is 0 Å². The molecule has 0 saturated carbocycles. The molecule has 96 valence electrons. The summed E-state index contributed by atoms with van der Waals surface area (Å²) in [5, 5.41) is 0. The Labute approximate surface area is 105 Å². The van der Waals surface area contributed by atoms with Gasteiger partial charge in [-0.2, -0.15) is 0 Å². The highest BCUT2D eigenvalue weighted by Crippen LogP contribution is 2.20. The van der Waals surface area contributed by atoms with Gasteiger partial charge in [0.05, 0.1) is 6.10 Å². The van der Waals surface area contributed by atoms with Crippen molar-refractivity contribution in [3.8, 4) is 5.75 Å². The fourth-order valence-electron chi connectivity index (χ4n) is 1.70. The molecule has 0 saturated heterocycles. The number of para-hydroxylation sites is 1. The van der Waals surface area contributed by atoms with Crippen molar-refractivity contribution in [2.24, 2.45) is 5.73 Å². The van der Waals surface area contributed by atoms with Crippen molar-refractivity contribution >= 4 is 0 Å². The Bertz CT molecular complexity index is 326. The molecule has 0 amide bonds. The smallest absolute Gasteiger partial charge is 0.122 e. The minimum atomic E-state index is 0.233. The van der Waals surface area contributed by atoms with Crippen molar-refractivity contribution in [2.45, 2.75) is 25.9 Å². The van der Waals surface area contributed by atoms with E-state index >= 15 is 0 Å². The average molecular weight is 236 g/mol. The first kappa shape index (κ1) is 14.0. The van der Waals surface area contributed by atoms with E-state index in [1.165, 1.54) is 5.56 Å². The summed E-state index contributed by atoms with van der Waals surface area (Å²) < 4.78 is 5.97. The molecule has 0 heterocycles. The van der Waals surface area contributed by atoms with E-state index in [0.717, 1.165) is 25.1 Å². The number of hydrogen-bond donors (Lipinski definition) is 1. The zero-order chi connectivity index (χ0) is 12.7. The maximum Gasteiger partial charge on any atom is 0.122 e. The van der Waals surface area contributed by atoms with Gasteiger partial charge < -0.3 is 15.4 Å². The number of benzene rings is 1. The Kier molecular flexibility index (Phi) is 6.01. The zero-order valence-corrected chi connectivity index (χ0v) is 11.1. The maximum absolute atomic E-state index is 5.97. The van der Waals surface area contributed by atoms with E-state index in [1.807, 2.05) is 18.2 Å². The molecule has 0 aromatic heterocycles. The average Bonchev–Trinajstić information content (AvgIpc) is 2.29. The predicted octanol–water partition coefficient (Wildman–Crippen LogP) is 1.91. The second-order valence-electron chi connectivity index (χ2n) is 4.67. The maximum atomic E-state index is 5.97. The van der Waals surface area contributed by atoms with Gasteiger partial charge in [0.25, 0.3) is 0 Å². The van der Waals surface area contributed by atoms with Crippen LogP contribution in [0.5, 0.6) is 5.75 Å². The first-order valence-electron chi connectivity index (χ1n) is 6.23. The molecule has 0 spiro atoms. The van der Waals surface area contributed by atoms with Gasteiger partial charge in [0.2, 0.25) is 0 Å². The lowest BCUT2D eigenvalue weighted by molar-refractivity contribution is 0.193. The highest BCUT2D eigenvalue weighted by atomic mass is 16.5. The summed E-state index contributed by atoms with van der Waals surface area (Å²) in [5.74, 6) is 0.976. The summed E-state index contributed by atoms with van der Waals surface area (Å²) in [4.78, 5) is 2.17. The molecule has 0 radical (unpaired) electrons. The van der Waals surface area contributed by atoms with Gasteiger partial charge in [-0.1, -0.05) is 18.2 Å². The Morgan fingerprint density at radius 2 is 2.00 bits per heavy atom. The molecule has 3 nitrogen and oxygen atoms in total. The Morgan fingerprint density at radius 3 is 2.65 bits per heavy atom. The van der Waals surface area contributed by atoms with E-state index in [0.29, 0.717) is 6.54 Å². The van der Waals surface area contributed by atoms with Crippen LogP contribution in [0.25, 0.3) is 0 Å². The molecular formula is C14H24N2O. The van der Waals surface area contributed by atoms with E-state index < -0.39 is 0 Å². The van der Waals surface area contributed by atoms with E-state index in [1.54, 1.807) is 0 Å².